The lowest BCUT2D eigenvalue weighted by Crippen LogP contribution is -2.34. The molecule has 1 aliphatic rings. The van der Waals surface area contributed by atoms with Gasteiger partial charge >= 0.3 is 0 Å². The highest BCUT2D eigenvalue weighted by Gasteiger charge is 2.27. The van der Waals surface area contributed by atoms with Crippen molar-refractivity contribution in [2.45, 2.75) is 39.2 Å². The van der Waals surface area contributed by atoms with Crippen LogP contribution >= 0.6 is 11.6 Å². The van der Waals surface area contributed by atoms with E-state index in [1.807, 2.05) is 24.3 Å². The Hall–Kier alpha value is -2.07. The Kier molecular flexibility index (Phi) is 5.59. The van der Waals surface area contributed by atoms with E-state index in [9.17, 15) is 4.79 Å². The normalized spacial score (nSPS) is 15.8. The first-order valence-corrected chi connectivity index (χ1v) is 9.07. The fourth-order valence-electron chi connectivity index (χ4n) is 2.99. The van der Waals surface area contributed by atoms with Crippen LogP contribution in [0.1, 0.15) is 32.3 Å². The Balaban J connectivity index is 1.68. The highest BCUT2D eigenvalue weighted by molar-refractivity contribution is 6.31. The second-order valence-electron chi connectivity index (χ2n) is 6.86. The van der Waals surface area contributed by atoms with Gasteiger partial charge in [-0.1, -0.05) is 25.4 Å². The molecule has 0 bridgehead atoms. The van der Waals surface area contributed by atoms with Gasteiger partial charge in [0.1, 0.15) is 11.9 Å². The van der Waals surface area contributed by atoms with Crippen molar-refractivity contribution in [2.24, 2.45) is 5.92 Å². The summed E-state index contributed by atoms with van der Waals surface area (Å²) in [5, 5.41) is 3.67. The van der Waals surface area contributed by atoms with E-state index in [-0.39, 0.29) is 12.0 Å². The monoisotopic (exact) mass is 358 g/mol. The lowest BCUT2D eigenvalue weighted by Gasteiger charge is -2.14. The summed E-state index contributed by atoms with van der Waals surface area (Å²) in [7, 11) is 0. The van der Waals surface area contributed by atoms with Crippen molar-refractivity contribution in [1.82, 2.24) is 10.3 Å². The SMILES string of the molecule is CC(C)CCC(=O)NC[C@@H]1Cc2cc(Cl)cc(-c3ccncc3)c2O1. The number of benzene rings is 1. The summed E-state index contributed by atoms with van der Waals surface area (Å²) in [6, 6.07) is 7.74. The van der Waals surface area contributed by atoms with Crippen LogP contribution in [-0.2, 0) is 11.2 Å². The lowest BCUT2D eigenvalue weighted by atomic mass is 10.0. The summed E-state index contributed by atoms with van der Waals surface area (Å²) in [6.07, 6.45) is 5.66. The number of hydrogen-bond donors (Lipinski definition) is 1. The quantitative estimate of drug-likeness (QED) is 0.839. The highest BCUT2D eigenvalue weighted by Crippen LogP contribution is 2.40. The number of ether oxygens (including phenoxy) is 1. The zero-order chi connectivity index (χ0) is 17.8. The Morgan fingerprint density at radius 1 is 1.36 bits per heavy atom. The summed E-state index contributed by atoms with van der Waals surface area (Å²) in [6.45, 7) is 4.75. The second kappa shape index (κ2) is 7.87. The zero-order valence-corrected chi connectivity index (χ0v) is 15.3. The topological polar surface area (TPSA) is 51.2 Å². The predicted molar refractivity (Wildman–Crippen MR) is 99.9 cm³/mol. The number of fused-ring (bicyclic) bond motifs is 1. The van der Waals surface area contributed by atoms with E-state index in [1.54, 1.807) is 12.4 Å². The number of pyridine rings is 1. The van der Waals surface area contributed by atoms with Crippen LogP contribution < -0.4 is 10.1 Å². The number of carbonyl (C=O) groups excluding carboxylic acids is 1. The highest BCUT2D eigenvalue weighted by atomic mass is 35.5. The number of nitrogens with zero attached hydrogens (tertiary/aromatic N) is 1. The van der Waals surface area contributed by atoms with Crippen molar-refractivity contribution in [3.05, 3.63) is 47.2 Å². The molecule has 1 aromatic heterocycles. The van der Waals surface area contributed by atoms with Crippen LogP contribution in [0.2, 0.25) is 5.02 Å². The van der Waals surface area contributed by atoms with E-state index in [4.69, 9.17) is 16.3 Å². The van der Waals surface area contributed by atoms with E-state index in [2.05, 4.69) is 24.1 Å². The first-order valence-electron chi connectivity index (χ1n) is 8.69. The zero-order valence-electron chi connectivity index (χ0n) is 14.6. The van der Waals surface area contributed by atoms with Crippen LogP contribution in [0.15, 0.2) is 36.7 Å². The molecular weight excluding hydrogens is 336 g/mol. The second-order valence-corrected chi connectivity index (χ2v) is 7.29. The van der Waals surface area contributed by atoms with Crippen molar-refractivity contribution >= 4 is 17.5 Å². The number of nitrogens with one attached hydrogen (secondary N) is 1. The fourth-order valence-corrected chi connectivity index (χ4v) is 3.23. The summed E-state index contributed by atoms with van der Waals surface area (Å²) >= 11 is 6.28. The standard InChI is InChI=1S/C20H23ClN2O2/c1-13(2)3-4-19(24)23-12-17-10-15-9-16(21)11-18(20(15)25-17)14-5-7-22-8-6-14/h5-9,11,13,17H,3-4,10,12H2,1-2H3,(H,23,24)/t17-/m0/s1. The minimum atomic E-state index is -0.0583. The van der Waals surface area contributed by atoms with Crippen molar-refractivity contribution in [1.29, 1.82) is 0 Å². The summed E-state index contributed by atoms with van der Waals surface area (Å²) in [5.74, 6) is 1.47. The van der Waals surface area contributed by atoms with Gasteiger partial charge in [0.15, 0.2) is 0 Å². The van der Waals surface area contributed by atoms with Crippen LogP contribution in [0, 0.1) is 5.92 Å². The summed E-state index contributed by atoms with van der Waals surface area (Å²) < 4.78 is 6.13. The third kappa shape index (κ3) is 4.51. The third-order valence-corrected chi connectivity index (χ3v) is 4.55. The van der Waals surface area contributed by atoms with Gasteiger partial charge in [0.25, 0.3) is 0 Å². The molecule has 1 aliphatic heterocycles. The van der Waals surface area contributed by atoms with E-state index < -0.39 is 0 Å². The molecule has 0 spiro atoms. The Bertz CT molecular complexity index is 747. The van der Waals surface area contributed by atoms with Crippen molar-refractivity contribution < 1.29 is 9.53 Å². The first-order chi connectivity index (χ1) is 12.0. The average Bonchev–Trinajstić information content (AvgIpc) is 3.00. The Labute approximate surface area is 153 Å². The molecule has 25 heavy (non-hydrogen) atoms. The lowest BCUT2D eigenvalue weighted by molar-refractivity contribution is -0.121. The van der Waals surface area contributed by atoms with Gasteiger partial charge in [-0.25, -0.2) is 0 Å². The summed E-state index contributed by atoms with van der Waals surface area (Å²) in [5.41, 5.74) is 3.08. The number of halogens is 1. The maximum absolute atomic E-state index is 11.9. The molecule has 0 saturated carbocycles. The van der Waals surface area contributed by atoms with E-state index in [0.29, 0.717) is 23.9 Å². The Morgan fingerprint density at radius 3 is 2.84 bits per heavy atom. The molecule has 0 radical (unpaired) electrons. The smallest absolute Gasteiger partial charge is 0.220 e. The largest absolute Gasteiger partial charge is 0.487 e. The van der Waals surface area contributed by atoms with E-state index >= 15 is 0 Å². The molecule has 0 saturated heterocycles. The molecule has 2 aromatic rings. The maximum Gasteiger partial charge on any atom is 0.220 e. The minimum absolute atomic E-state index is 0.0583. The third-order valence-electron chi connectivity index (χ3n) is 4.33. The molecule has 2 heterocycles. The number of amides is 1. The summed E-state index contributed by atoms with van der Waals surface area (Å²) in [4.78, 5) is 16.0. The predicted octanol–water partition coefficient (Wildman–Crippen LogP) is 4.26. The molecule has 3 rings (SSSR count). The first kappa shape index (κ1) is 17.7. The van der Waals surface area contributed by atoms with Gasteiger partial charge in [-0.2, -0.15) is 0 Å². The van der Waals surface area contributed by atoms with Crippen molar-refractivity contribution in [3.8, 4) is 16.9 Å². The van der Waals surface area contributed by atoms with Crippen LogP contribution in [0.5, 0.6) is 5.75 Å². The molecule has 0 unspecified atom stereocenters. The fraction of sp³-hybridized carbons (Fsp3) is 0.400. The van der Waals surface area contributed by atoms with Crippen molar-refractivity contribution in [3.63, 3.8) is 0 Å². The van der Waals surface area contributed by atoms with Gasteiger partial charge in [-0.3, -0.25) is 9.78 Å². The molecule has 4 nitrogen and oxygen atoms in total. The molecular formula is C20H23ClN2O2. The number of carbonyl (C=O) groups is 1. The number of rotatable bonds is 6. The molecule has 5 heteroatoms. The average molecular weight is 359 g/mol. The van der Waals surface area contributed by atoms with Crippen LogP contribution in [-0.4, -0.2) is 23.5 Å². The van der Waals surface area contributed by atoms with Crippen LogP contribution in [0.4, 0.5) is 0 Å². The van der Waals surface area contributed by atoms with Gasteiger partial charge in [0, 0.05) is 41.4 Å². The van der Waals surface area contributed by atoms with E-state index in [0.717, 1.165) is 35.3 Å². The molecule has 1 aromatic carbocycles. The minimum Gasteiger partial charge on any atom is -0.487 e. The number of hydrogen-bond acceptors (Lipinski definition) is 3. The van der Waals surface area contributed by atoms with Gasteiger partial charge in [-0.05, 0) is 42.2 Å². The van der Waals surface area contributed by atoms with Gasteiger partial charge in [0.05, 0.1) is 6.54 Å². The Morgan fingerprint density at radius 2 is 2.12 bits per heavy atom. The molecule has 1 N–H and O–H groups in total. The van der Waals surface area contributed by atoms with Crippen molar-refractivity contribution in [2.75, 3.05) is 6.54 Å². The van der Waals surface area contributed by atoms with Crippen LogP contribution in [0.3, 0.4) is 0 Å². The number of aromatic nitrogens is 1. The molecule has 1 amide bonds. The van der Waals surface area contributed by atoms with Crippen LogP contribution in [0.25, 0.3) is 11.1 Å². The van der Waals surface area contributed by atoms with Gasteiger partial charge in [-0.15, -0.1) is 0 Å². The molecule has 1 atom stereocenters. The molecule has 0 fully saturated rings. The van der Waals surface area contributed by atoms with Gasteiger partial charge in [0.2, 0.25) is 5.91 Å². The maximum atomic E-state index is 11.9. The molecule has 132 valence electrons. The van der Waals surface area contributed by atoms with Gasteiger partial charge < -0.3 is 10.1 Å². The van der Waals surface area contributed by atoms with E-state index in [1.165, 1.54) is 0 Å². The molecule has 0 aliphatic carbocycles.